The summed E-state index contributed by atoms with van der Waals surface area (Å²) >= 11 is 0. The molecule has 1 aliphatic rings. The van der Waals surface area contributed by atoms with Gasteiger partial charge in [0.25, 0.3) is 0 Å². The SMILES string of the molecule is CCCCP(CCCC)(CCCC)(CCCC)OC(=O)[C@@H]1CCC(=O)N1. The van der Waals surface area contributed by atoms with Crippen LogP contribution in [0.3, 0.4) is 0 Å². The van der Waals surface area contributed by atoms with Crippen molar-refractivity contribution in [2.75, 3.05) is 24.6 Å². The molecule has 154 valence electrons. The summed E-state index contributed by atoms with van der Waals surface area (Å²) in [5.74, 6) is -0.163. The zero-order valence-corrected chi connectivity index (χ0v) is 18.5. The first-order valence-corrected chi connectivity index (χ1v) is 13.9. The third kappa shape index (κ3) is 6.51. The van der Waals surface area contributed by atoms with E-state index in [0.29, 0.717) is 12.8 Å². The summed E-state index contributed by atoms with van der Waals surface area (Å²) in [5.41, 5.74) is 0. The Labute approximate surface area is 161 Å². The van der Waals surface area contributed by atoms with Gasteiger partial charge in [-0.2, -0.15) is 0 Å². The zero-order valence-electron chi connectivity index (χ0n) is 17.6. The fourth-order valence-electron chi connectivity index (χ4n) is 4.19. The van der Waals surface area contributed by atoms with Crippen molar-refractivity contribution in [1.82, 2.24) is 5.32 Å². The summed E-state index contributed by atoms with van der Waals surface area (Å²) in [6, 6.07) is -0.421. The van der Waals surface area contributed by atoms with E-state index in [1.54, 1.807) is 0 Å². The van der Waals surface area contributed by atoms with Gasteiger partial charge in [0.15, 0.2) is 0 Å². The van der Waals surface area contributed by atoms with Gasteiger partial charge >= 0.3 is 161 Å². The molecule has 1 amide bonds. The standard InChI is InChI=1S/C21H42NO3P/c1-5-9-15-26(16-10-6-2,17-11-7-3,18-12-8-4)25-21(24)19-13-14-20(23)22-19/h19H,5-18H2,1-4H3,(H,22,23)/t19-/m0/s1. The van der Waals surface area contributed by atoms with Gasteiger partial charge in [-0.3, -0.25) is 0 Å². The normalized spacial score (nSPS) is 19.0. The second kappa shape index (κ2) is 11.3. The van der Waals surface area contributed by atoms with Gasteiger partial charge in [-0.1, -0.05) is 0 Å². The van der Waals surface area contributed by atoms with Crippen LogP contribution >= 0.6 is 6.83 Å². The first kappa shape index (κ1) is 23.4. The molecule has 1 atom stereocenters. The fraction of sp³-hybridized carbons (Fsp3) is 0.905. The Kier molecular flexibility index (Phi) is 10.1. The minimum atomic E-state index is -2.58. The van der Waals surface area contributed by atoms with Crippen molar-refractivity contribution in [1.29, 1.82) is 0 Å². The molecule has 1 rings (SSSR count). The second-order valence-corrected chi connectivity index (χ2v) is 13.9. The molecule has 0 aromatic heterocycles. The predicted octanol–water partition coefficient (Wildman–Crippen LogP) is 5.48. The number of nitrogens with one attached hydrogen (secondary N) is 1. The second-order valence-electron chi connectivity index (χ2n) is 8.24. The quantitative estimate of drug-likeness (QED) is 0.402. The van der Waals surface area contributed by atoms with Crippen LogP contribution in [0.4, 0.5) is 0 Å². The molecule has 0 aliphatic carbocycles. The van der Waals surface area contributed by atoms with Crippen LogP contribution in [0.15, 0.2) is 0 Å². The van der Waals surface area contributed by atoms with E-state index in [9.17, 15) is 9.59 Å². The van der Waals surface area contributed by atoms with E-state index in [4.69, 9.17) is 4.52 Å². The van der Waals surface area contributed by atoms with E-state index in [1.165, 1.54) is 0 Å². The molecule has 1 fully saturated rings. The monoisotopic (exact) mass is 387 g/mol. The summed E-state index contributed by atoms with van der Waals surface area (Å²) in [4.78, 5) is 24.6. The number of hydrogen-bond acceptors (Lipinski definition) is 3. The van der Waals surface area contributed by atoms with Crippen LogP contribution in [0, 0.1) is 0 Å². The third-order valence-electron chi connectivity index (χ3n) is 5.94. The van der Waals surface area contributed by atoms with Crippen molar-refractivity contribution < 1.29 is 14.1 Å². The van der Waals surface area contributed by atoms with E-state index >= 15 is 0 Å². The molecular formula is C21H42NO3P. The molecule has 5 heteroatoms. The summed E-state index contributed by atoms with van der Waals surface area (Å²) in [6.07, 6.45) is 14.5. The molecule has 1 heterocycles. The number of amides is 1. The van der Waals surface area contributed by atoms with Crippen LogP contribution < -0.4 is 5.32 Å². The molecule has 0 spiro atoms. The zero-order chi connectivity index (χ0) is 19.5. The van der Waals surface area contributed by atoms with Crippen LogP contribution in [0.25, 0.3) is 0 Å². The van der Waals surface area contributed by atoms with Gasteiger partial charge in [0.05, 0.1) is 0 Å². The Morgan fingerprint density at radius 2 is 1.35 bits per heavy atom. The summed E-state index contributed by atoms with van der Waals surface area (Å²) in [5, 5.41) is 2.83. The molecule has 0 saturated carbocycles. The fourth-order valence-corrected chi connectivity index (χ4v) is 11.0. The molecule has 4 nitrogen and oxygen atoms in total. The van der Waals surface area contributed by atoms with Crippen molar-refractivity contribution in [3.8, 4) is 0 Å². The maximum atomic E-state index is 13.1. The van der Waals surface area contributed by atoms with Gasteiger partial charge in [0.1, 0.15) is 0 Å². The number of carbonyl (C=O) groups excluding carboxylic acids is 2. The van der Waals surface area contributed by atoms with Crippen molar-refractivity contribution in [2.45, 2.75) is 97.9 Å². The molecule has 1 aliphatic heterocycles. The van der Waals surface area contributed by atoms with E-state index in [0.717, 1.165) is 76.0 Å². The minimum absolute atomic E-state index is 0.0171. The van der Waals surface area contributed by atoms with E-state index < -0.39 is 12.9 Å². The van der Waals surface area contributed by atoms with Crippen molar-refractivity contribution in [2.24, 2.45) is 0 Å². The maximum absolute atomic E-state index is 13.1. The van der Waals surface area contributed by atoms with Gasteiger partial charge < -0.3 is 0 Å². The average molecular weight is 388 g/mol. The summed E-state index contributed by atoms with van der Waals surface area (Å²) in [7, 11) is 0. The molecular weight excluding hydrogens is 345 g/mol. The Balaban J connectivity index is 3.16. The number of carbonyl (C=O) groups is 2. The summed E-state index contributed by atoms with van der Waals surface area (Å²) < 4.78 is 6.64. The van der Waals surface area contributed by atoms with Crippen LogP contribution in [0.2, 0.25) is 0 Å². The molecule has 1 N–H and O–H groups in total. The van der Waals surface area contributed by atoms with Crippen molar-refractivity contribution in [3.05, 3.63) is 0 Å². The predicted molar refractivity (Wildman–Crippen MR) is 113 cm³/mol. The van der Waals surface area contributed by atoms with Crippen LogP contribution in [0.1, 0.15) is 91.9 Å². The Morgan fingerprint density at radius 1 is 0.923 bits per heavy atom. The summed E-state index contributed by atoms with van der Waals surface area (Å²) in [6.45, 7) is 6.32. The average Bonchev–Trinajstić information content (AvgIpc) is 3.08. The first-order chi connectivity index (χ1) is 12.4. The number of hydrogen-bond donors (Lipinski definition) is 1. The topological polar surface area (TPSA) is 55.4 Å². The molecule has 0 bridgehead atoms. The van der Waals surface area contributed by atoms with Crippen LogP contribution in [0.5, 0.6) is 0 Å². The van der Waals surface area contributed by atoms with Crippen LogP contribution in [-0.4, -0.2) is 42.6 Å². The molecule has 1 saturated heterocycles. The van der Waals surface area contributed by atoms with Gasteiger partial charge in [0.2, 0.25) is 0 Å². The van der Waals surface area contributed by atoms with Crippen molar-refractivity contribution in [3.63, 3.8) is 0 Å². The van der Waals surface area contributed by atoms with E-state index in [-0.39, 0.29) is 11.9 Å². The Hall–Kier alpha value is -0.630. The third-order valence-corrected chi connectivity index (χ3v) is 12.4. The van der Waals surface area contributed by atoms with Crippen molar-refractivity contribution >= 4 is 18.7 Å². The van der Waals surface area contributed by atoms with E-state index in [2.05, 4.69) is 33.0 Å². The molecule has 0 radical (unpaired) electrons. The molecule has 0 aromatic carbocycles. The number of unbranched alkanes of at least 4 members (excludes halogenated alkanes) is 4. The number of rotatable bonds is 14. The van der Waals surface area contributed by atoms with Gasteiger partial charge in [0, 0.05) is 0 Å². The molecule has 26 heavy (non-hydrogen) atoms. The Bertz CT molecular complexity index is 409. The molecule has 0 aromatic rings. The van der Waals surface area contributed by atoms with Crippen LogP contribution in [-0.2, 0) is 14.1 Å². The first-order valence-electron chi connectivity index (χ1n) is 11.0. The van der Waals surface area contributed by atoms with Gasteiger partial charge in [-0.05, 0) is 0 Å². The molecule has 0 unspecified atom stereocenters. The Morgan fingerprint density at radius 3 is 1.65 bits per heavy atom. The van der Waals surface area contributed by atoms with Gasteiger partial charge in [-0.25, -0.2) is 0 Å². The van der Waals surface area contributed by atoms with E-state index in [1.807, 2.05) is 0 Å². The van der Waals surface area contributed by atoms with Gasteiger partial charge in [-0.15, -0.1) is 0 Å².